The van der Waals surface area contributed by atoms with Crippen LogP contribution in [-0.4, -0.2) is 36.6 Å². The van der Waals surface area contributed by atoms with Gasteiger partial charge in [-0.05, 0) is 38.3 Å². The van der Waals surface area contributed by atoms with Crippen LogP contribution < -0.4 is 0 Å². The van der Waals surface area contributed by atoms with E-state index >= 15 is 0 Å². The second-order valence-electron chi connectivity index (χ2n) is 5.32. The lowest BCUT2D eigenvalue weighted by Gasteiger charge is -2.21. The van der Waals surface area contributed by atoms with Crippen LogP contribution >= 0.6 is 0 Å². The maximum atomic E-state index is 12.1. The van der Waals surface area contributed by atoms with E-state index in [0.717, 1.165) is 13.0 Å². The number of ether oxygens (including phenoxy) is 1. The summed E-state index contributed by atoms with van der Waals surface area (Å²) in [5, 5.41) is 0. The Kier molecular flexibility index (Phi) is 4.59. The highest BCUT2D eigenvalue weighted by Crippen LogP contribution is 2.33. The molecule has 1 aliphatic rings. The average Bonchev–Trinajstić information content (AvgIpc) is 2.78. The predicted molar refractivity (Wildman–Crippen MR) is 76.2 cm³/mol. The normalized spacial score (nSPS) is 22.8. The maximum Gasteiger partial charge on any atom is 0.248 e. The highest BCUT2D eigenvalue weighted by molar-refractivity contribution is 5.78. The third-order valence-corrected chi connectivity index (χ3v) is 3.95. The van der Waals surface area contributed by atoms with Gasteiger partial charge in [0.05, 0.1) is 0 Å². The lowest BCUT2D eigenvalue weighted by Crippen LogP contribution is -2.36. The van der Waals surface area contributed by atoms with Crippen LogP contribution in [0.3, 0.4) is 0 Å². The van der Waals surface area contributed by atoms with Crippen LogP contribution in [-0.2, 0) is 9.53 Å². The molecule has 0 aliphatic carbocycles. The summed E-state index contributed by atoms with van der Waals surface area (Å²) in [6.07, 6.45) is 1.04. The molecule has 1 fully saturated rings. The van der Waals surface area contributed by atoms with Crippen LogP contribution in [0.1, 0.15) is 37.3 Å². The number of likely N-dealkylation sites (tertiary alicyclic amines) is 1. The van der Waals surface area contributed by atoms with E-state index in [2.05, 4.69) is 38.1 Å². The van der Waals surface area contributed by atoms with Gasteiger partial charge in [-0.3, -0.25) is 4.79 Å². The van der Waals surface area contributed by atoms with E-state index in [0.29, 0.717) is 18.6 Å². The van der Waals surface area contributed by atoms with Gasteiger partial charge in [0, 0.05) is 25.1 Å². The third-order valence-electron chi connectivity index (χ3n) is 3.95. The molecule has 2 atom stereocenters. The predicted octanol–water partition coefficient (Wildman–Crippen LogP) is 2.74. The van der Waals surface area contributed by atoms with Crippen molar-refractivity contribution in [3.63, 3.8) is 0 Å². The molecule has 0 bridgehead atoms. The first-order valence-corrected chi connectivity index (χ1v) is 7.06. The van der Waals surface area contributed by atoms with Gasteiger partial charge in [0.25, 0.3) is 0 Å². The molecule has 0 N–H and O–H groups in total. The van der Waals surface area contributed by atoms with Gasteiger partial charge >= 0.3 is 0 Å². The minimum Gasteiger partial charge on any atom is -0.372 e. The van der Waals surface area contributed by atoms with Gasteiger partial charge in [-0.15, -0.1) is 0 Å². The number of hydrogen-bond acceptors (Lipinski definition) is 2. The molecular weight excluding hydrogens is 238 g/mol. The van der Waals surface area contributed by atoms with Crippen LogP contribution in [0.25, 0.3) is 0 Å². The molecule has 104 valence electrons. The minimum absolute atomic E-state index is 0.116. The zero-order valence-electron chi connectivity index (χ0n) is 12.1. The molecule has 19 heavy (non-hydrogen) atoms. The van der Waals surface area contributed by atoms with Gasteiger partial charge in [0.15, 0.2) is 0 Å². The molecule has 3 heteroatoms. The smallest absolute Gasteiger partial charge is 0.248 e. The van der Waals surface area contributed by atoms with Gasteiger partial charge in [-0.2, -0.15) is 0 Å². The Hall–Kier alpha value is -1.35. The van der Waals surface area contributed by atoms with Crippen molar-refractivity contribution in [1.82, 2.24) is 4.90 Å². The van der Waals surface area contributed by atoms with Crippen molar-refractivity contribution >= 4 is 5.91 Å². The van der Waals surface area contributed by atoms with Crippen molar-refractivity contribution < 1.29 is 9.53 Å². The number of nitrogens with zero attached hydrogens (tertiary/aromatic N) is 1. The number of aryl methyl sites for hydroxylation is 1. The van der Waals surface area contributed by atoms with Crippen molar-refractivity contribution in [1.29, 1.82) is 0 Å². The highest BCUT2D eigenvalue weighted by Gasteiger charge is 2.33. The van der Waals surface area contributed by atoms with Gasteiger partial charge in [0.2, 0.25) is 5.91 Å². The number of rotatable bonds is 4. The Morgan fingerprint density at radius 1 is 1.42 bits per heavy atom. The first-order valence-electron chi connectivity index (χ1n) is 7.06. The minimum atomic E-state index is 0.116. The molecule has 0 aromatic heterocycles. The molecular formula is C16H23NO2. The fourth-order valence-corrected chi connectivity index (χ4v) is 2.92. The summed E-state index contributed by atoms with van der Waals surface area (Å²) in [7, 11) is 0. The second-order valence-corrected chi connectivity index (χ2v) is 5.32. The lowest BCUT2D eigenvalue weighted by atomic mass is 9.93. The van der Waals surface area contributed by atoms with E-state index in [1.165, 1.54) is 11.1 Å². The molecule has 0 spiro atoms. The third kappa shape index (κ3) is 3.16. The van der Waals surface area contributed by atoms with E-state index in [1.54, 1.807) is 0 Å². The van der Waals surface area contributed by atoms with Gasteiger partial charge < -0.3 is 9.64 Å². The highest BCUT2D eigenvalue weighted by atomic mass is 16.5. The Morgan fingerprint density at radius 2 is 2.16 bits per heavy atom. The Bertz CT molecular complexity index is 444. The molecule has 0 radical (unpaired) electrons. The number of amides is 1. The summed E-state index contributed by atoms with van der Waals surface area (Å²) in [6, 6.07) is 8.78. The van der Waals surface area contributed by atoms with Crippen LogP contribution in [0.2, 0.25) is 0 Å². The largest absolute Gasteiger partial charge is 0.372 e. The van der Waals surface area contributed by atoms with E-state index < -0.39 is 0 Å². The van der Waals surface area contributed by atoms with Gasteiger partial charge in [0.1, 0.15) is 6.61 Å². The molecule has 2 rings (SSSR count). The Balaban J connectivity index is 2.05. The summed E-state index contributed by atoms with van der Waals surface area (Å²) < 4.78 is 5.23. The molecule has 1 aliphatic heterocycles. The van der Waals surface area contributed by atoms with Crippen LogP contribution in [0.4, 0.5) is 0 Å². The first-order chi connectivity index (χ1) is 9.13. The number of carbonyl (C=O) groups excluding carboxylic acids is 1. The monoisotopic (exact) mass is 261 g/mol. The fourth-order valence-electron chi connectivity index (χ4n) is 2.92. The number of carbonyl (C=O) groups is 1. The van der Waals surface area contributed by atoms with Crippen molar-refractivity contribution in [2.45, 2.75) is 39.2 Å². The Morgan fingerprint density at radius 3 is 2.84 bits per heavy atom. The Labute approximate surface area is 115 Å². The van der Waals surface area contributed by atoms with E-state index in [4.69, 9.17) is 4.74 Å². The van der Waals surface area contributed by atoms with Crippen molar-refractivity contribution in [3.8, 4) is 0 Å². The molecule has 1 heterocycles. The summed E-state index contributed by atoms with van der Waals surface area (Å²) >= 11 is 0. The topological polar surface area (TPSA) is 29.5 Å². The SMILES string of the molecule is CCOCC(=O)N1C[C@@H](c2ccccc2C)C[C@H]1C. The number of benzene rings is 1. The van der Waals surface area contributed by atoms with E-state index in [1.807, 2.05) is 11.8 Å². The molecule has 1 aromatic carbocycles. The number of hydrogen-bond donors (Lipinski definition) is 0. The molecule has 3 nitrogen and oxygen atoms in total. The van der Waals surface area contributed by atoms with E-state index in [-0.39, 0.29) is 12.5 Å². The quantitative estimate of drug-likeness (QED) is 0.834. The zero-order chi connectivity index (χ0) is 13.8. The van der Waals surface area contributed by atoms with Crippen molar-refractivity contribution in [2.24, 2.45) is 0 Å². The first kappa shape index (κ1) is 14.1. The maximum absolute atomic E-state index is 12.1. The van der Waals surface area contributed by atoms with Gasteiger partial charge in [-0.1, -0.05) is 24.3 Å². The summed E-state index contributed by atoms with van der Waals surface area (Å²) in [4.78, 5) is 14.0. The standard InChI is InChI=1S/C16H23NO2/c1-4-19-11-16(18)17-10-14(9-13(17)3)15-8-6-5-7-12(15)2/h5-8,13-14H,4,9-11H2,1-3H3/t13-,14+/m1/s1. The van der Waals surface area contributed by atoms with Crippen LogP contribution in [0, 0.1) is 6.92 Å². The summed E-state index contributed by atoms with van der Waals surface area (Å²) in [6.45, 7) is 7.80. The van der Waals surface area contributed by atoms with Crippen LogP contribution in [0.15, 0.2) is 24.3 Å². The zero-order valence-corrected chi connectivity index (χ0v) is 12.1. The van der Waals surface area contributed by atoms with Crippen LogP contribution in [0.5, 0.6) is 0 Å². The molecule has 1 saturated heterocycles. The van der Waals surface area contributed by atoms with Crippen molar-refractivity contribution in [2.75, 3.05) is 19.8 Å². The summed E-state index contributed by atoms with van der Waals surface area (Å²) in [5.74, 6) is 0.576. The average molecular weight is 261 g/mol. The fraction of sp³-hybridized carbons (Fsp3) is 0.562. The second kappa shape index (κ2) is 6.20. The van der Waals surface area contributed by atoms with Crippen molar-refractivity contribution in [3.05, 3.63) is 35.4 Å². The van der Waals surface area contributed by atoms with Gasteiger partial charge in [-0.25, -0.2) is 0 Å². The summed E-state index contributed by atoms with van der Waals surface area (Å²) in [5.41, 5.74) is 2.69. The lowest BCUT2D eigenvalue weighted by molar-refractivity contribution is -0.136. The molecule has 0 saturated carbocycles. The molecule has 0 unspecified atom stereocenters. The molecule has 1 amide bonds. The molecule has 1 aromatic rings. The van der Waals surface area contributed by atoms with E-state index in [9.17, 15) is 4.79 Å².